The molecule has 0 saturated carbocycles. The zero-order valence-electron chi connectivity index (χ0n) is 40.8. The van der Waals surface area contributed by atoms with Crippen molar-refractivity contribution in [3.05, 3.63) is 97.2 Å². The standard InChI is InChI=1S/C57H94O6/c1-4-7-10-13-16-19-22-24-26-28-30-32-35-38-41-44-47-50-56(59)62-53-54(52-61-55(58)49-46-43-40-37-34-21-18-15-12-9-6-3)63-57(60)51-48-45-42-39-36-33-31-29-27-25-23-20-17-14-11-8-5-2/h7-8,10-11,16-17,19-20,24-27,30,32,38,41,54H,4-6,9,12-15,18,21-23,28-29,31,33-37,39-40,42-53H2,1-3H3/b10-7-,11-8-,19-16-,20-17-,26-24-,27-25-,32-30-,41-38-. The normalized spacial score (nSPS) is 12.9. The highest BCUT2D eigenvalue weighted by Crippen LogP contribution is 2.14. The average Bonchev–Trinajstić information content (AvgIpc) is 3.28. The maximum atomic E-state index is 12.8. The maximum absolute atomic E-state index is 12.8. The number of unbranched alkanes of at least 4 members (excludes halogenated alkanes) is 18. The van der Waals surface area contributed by atoms with Crippen molar-refractivity contribution in [2.45, 2.75) is 232 Å². The van der Waals surface area contributed by atoms with Gasteiger partial charge in [-0.05, 0) is 89.9 Å². The van der Waals surface area contributed by atoms with Crippen LogP contribution in [0, 0.1) is 0 Å². The zero-order chi connectivity index (χ0) is 45.8. The molecule has 1 atom stereocenters. The fourth-order valence-corrected chi connectivity index (χ4v) is 6.79. The van der Waals surface area contributed by atoms with Crippen LogP contribution in [-0.4, -0.2) is 37.2 Å². The van der Waals surface area contributed by atoms with E-state index in [4.69, 9.17) is 14.2 Å². The van der Waals surface area contributed by atoms with Gasteiger partial charge >= 0.3 is 17.9 Å². The second-order valence-corrected chi connectivity index (χ2v) is 16.7. The van der Waals surface area contributed by atoms with Gasteiger partial charge in [-0.3, -0.25) is 14.4 Å². The molecule has 0 aromatic heterocycles. The summed E-state index contributed by atoms with van der Waals surface area (Å²) < 4.78 is 16.7. The van der Waals surface area contributed by atoms with Crippen LogP contribution in [0.1, 0.15) is 226 Å². The van der Waals surface area contributed by atoms with Crippen molar-refractivity contribution in [1.82, 2.24) is 0 Å². The zero-order valence-corrected chi connectivity index (χ0v) is 40.8. The van der Waals surface area contributed by atoms with Crippen LogP contribution in [0.5, 0.6) is 0 Å². The van der Waals surface area contributed by atoms with Crippen molar-refractivity contribution in [3.63, 3.8) is 0 Å². The molecule has 0 rings (SSSR count). The van der Waals surface area contributed by atoms with Gasteiger partial charge in [0.25, 0.3) is 0 Å². The minimum atomic E-state index is -0.804. The molecule has 0 spiro atoms. The first-order chi connectivity index (χ1) is 31.0. The molecule has 63 heavy (non-hydrogen) atoms. The van der Waals surface area contributed by atoms with Crippen molar-refractivity contribution in [2.24, 2.45) is 0 Å². The number of rotatable bonds is 45. The predicted octanol–water partition coefficient (Wildman–Crippen LogP) is 17.0. The Morgan fingerprint density at radius 2 is 0.635 bits per heavy atom. The molecule has 0 aliphatic rings. The number of carbonyl (C=O) groups excluding carboxylic acids is 3. The first-order valence-electron chi connectivity index (χ1n) is 25.7. The minimum Gasteiger partial charge on any atom is -0.462 e. The Kier molecular flexibility index (Phi) is 48.0. The highest BCUT2D eigenvalue weighted by Gasteiger charge is 2.19. The Morgan fingerprint density at radius 3 is 1.03 bits per heavy atom. The fraction of sp³-hybridized carbons (Fsp3) is 0.667. The minimum absolute atomic E-state index is 0.0988. The Morgan fingerprint density at radius 1 is 0.333 bits per heavy atom. The SMILES string of the molecule is CC/C=C\C/C=C\C/C=C\C/C=C\C/C=C\CCCC(=O)OCC(COC(=O)CCCCCCCCCCCCC)OC(=O)CCCCCCCCC/C=C\C/C=C\C/C=C\CC. The third-order valence-electron chi connectivity index (χ3n) is 10.6. The second kappa shape index (κ2) is 51.0. The van der Waals surface area contributed by atoms with E-state index >= 15 is 0 Å². The largest absolute Gasteiger partial charge is 0.462 e. The van der Waals surface area contributed by atoms with E-state index in [9.17, 15) is 14.4 Å². The third kappa shape index (κ3) is 49.2. The molecule has 0 aliphatic heterocycles. The Labute approximate surface area is 387 Å². The van der Waals surface area contributed by atoms with Crippen molar-refractivity contribution >= 4 is 17.9 Å². The van der Waals surface area contributed by atoms with Crippen LogP contribution in [0.25, 0.3) is 0 Å². The number of allylic oxidation sites excluding steroid dienone is 16. The molecule has 0 N–H and O–H groups in total. The lowest BCUT2D eigenvalue weighted by atomic mass is 10.1. The molecule has 0 amide bonds. The number of carbonyl (C=O) groups is 3. The van der Waals surface area contributed by atoms with Gasteiger partial charge < -0.3 is 14.2 Å². The Bertz CT molecular complexity index is 1280. The molecule has 6 nitrogen and oxygen atoms in total. The molecule has 1 unspecified atom stereocenters. The molecule has 0 heterocycles. The number of hydrogen-bond acceptors (Lipinski definition) is 6. The first kappa shape index (κ1) is 59.3. The van der Waals surface area contributed by atoms with Gasteiger partial charge in [0.2, 0.25) is 0 Å². The van der Waals surface area contributed by atoms with Crippen LogP contribution in [0.2, 0.25) is 0 Å². The summed E-state index contributed by atoms with van der Waals surface area (Å²) >= 11 is 0. The van der Waals surface area contributed by atoms with Gasteiger partial charge in [0.15, 0.2) is 6.10 Å². The lowest BCUT2D eigenvalue weighted by Crippen LogP contribution is -2.30. The molecule has 0 fully saturated rings. The summed E-state index contributed by atoms with van der Waals surface area (Å²) in [5.74, 6) is -0.973. The van der Waals surface area contributed by atoms with E-state index in [1.165, 1.54) is 77.0 Å². The van der Waals surface area contributed by atoms with Crippen molar-refractivity contribution in [3.8, 4) is 0 Å². The third-order valence-corrected chi connectivity index (χ3v) is 10.6. The quantitative estimate of drug-likeness (QED) is 0.0262. The molecule has 6 heteroatoms. The van der Waals surface area contributed by atoms with E-state index in [0.717, 1.165) is 103 Å². The molecule has 358 valence electrons. The van der Waals surface area contributed by atoms with Crippen LogP contribution in [0.4, 0.5) is 0 Å². The first-order valence-corrected chi connectivity index (χ1v) is 25.7. The average molecular weight is 875 g/mol. The van der Waals surface area contributed by atoms with Crippen LogP contribution in [0.3, 0.4) is 0 Å². The van der Waals surface area contributed by atoms with Gasteiger partial charge in [-0.15, -0.1) is 0 Å². The van der Waals surface area contributed by atoms with Gasteiger partial charge in [0.05, 0.1) is 0 Å². The van der Waals surface area contributed by atoms with Gasteiger partial charge in [0.1, 0.15) is 13.2 Å². The van der Waals surface area contributed by atoms with E-state index in [-0.39, 0.29) is 37.5 Å². The van der Waals surface area contributed by atoms with Crippen LogP contribution in [-0.2, 0) is 28.6 Å². The van der Waals surface area contributed by atoms with Gasteiger partial charge in [-0.1, -0.05) is 214 Å². The summed E-state index contributed by atoms with van der Waals surface area (Å²) in [5, 5.41) is 0. The molecular weight excluding hydrogens is 781 g/mol. The summed E-state index contributed by atoms with van der Waals surface area (Å²) in [6.45, 7) is 6.34. The van der Waals surface area contributed by atoms with E-state index < -0.39 is 6.10 Å². The van der Waals surface area contributed by atoms with E-state index in [2.05, 4.69) is 118 Å². The maximum Gasteiger partial charge on any atom is 0.306 e. The highest BCUT2D eigenvalue weighted by molar-refractivity contribution is 5.71. The summed E-state index contributed by atoms with van der Waals surface area (Å²) in [4.78, 5) is 37.9. The van der Waals surface area contributed by atoms with E-state index in [1.807, 2.05) is 0 Å². The fourth-order valence-electron chi connectivity index (χ4n) is 6.79. The molecule has 0 radical (unpaired) electrons. The number of esters is 3. The van der Waals surface area contributed by atoms with E-state index in [0.29, 0.717) is 19.3 Å². The Hall–Kier alpha value is -3.67. The van der Waals surface area contributed by atoms with Crippen LogP contribution >= 0.6 is 0 Å². The lowest BCUT2D eigenvalue weighted by Gasteiger charge is -2.18. The van der Waals surface area contributed by atoms with Crippen LogP contribution < -0.4 is 0 Å². The van der Waals surface area contributed by atoms with Gasteiger partial charge in [-0.2, -0.15) is 0 Å². The highest BCUT2D eigenvalue weighted by atomic mass is 16.6. The second-order valence-electron chi connectivity index (χ2n) is 16.7. The topological polar surface area (TPSA) is 78.9 Å². The van der Waals surface area contributed by atoms with Crippen molar-refractivity contribution < 1.29 is 28.6 Å². The molecule has 0 bridgehead atoms. The smallest absolute Gasteiger partial charge is 0.306 e. The van der Waals surface area contributed by atoms with E-state index in [1.54, 1.807) is 0 Å². The lowest BCUT2D eigenvalue weighted by molar-refractivity contribution is -0.167. The Balaban J connectivity index is 4.48. The summed E-state index contributed by atoms with van der Waals surface area (Å²) in [5.41, 5.74) is 0. The molecule has 0 aromatic rings. The summed E-state index contributed by atoms with van der Waals surface area (Å²) in [6.07, 6.45) is 66.8. The predicted molar refractivity (Wildman–Crippen MR) is 270 cm³/mol. The monoisotopic (exact) mass is 875 g/mol. The van der Waals surface area contributed by atoms with Crippen molar-refractivity contribution in [2.75, 3.05) is 13.2 Å². The summed E-state index contributed by atoms with van der Waals surface area (Å²) in [7, 11) is 0. The van der Waals surface area contributed by atoms with Crippen molar-refractivity contribution in [1.29, 1.82) is 0 Å². The molecule has 0 saturated heterocycles. The molecule has 0 aliphatic carbocycles. The summed E-state index contributed by atoms with van der Waals surface area (Å²) in [6, 6.07) is 0. The molecular formula is C57H94O6. The number of ether oxygens (including phenoxy) is 3. The molecule has 0 aromatic carbocycles. The van der Waals surface area contributed by atoms with Gasteiger partial charge in [-0.25, -0.2) is 0 Å². The number of hydrogen-bond donors (Lipinski definition) is 0. The van der Waals surface area contributed by atoms with Crippen LogP contribution in [0.15, 0.2) is 97.2 Å². The van der Waals surface area contributed by atoms with Gasteiger partial charge in [0, 0.05) is 19.3 Å².